The molecule has 1 fully saturated rings. The average Bonchev–Trinajstić information content (AvgIpc) is 2.28. The third-order valence-corrected chi connectivity index (χ3v) is 3.81. The molecule has 0 aromatic rings. The largest absolute Gasteiger partial charge is 0.385 e. The minimum absolute atomic E-state index is 0.300. The number of rotatable bonds is 4. The van der Waals surface area contributed by atoms with Crippen molar-refractivity contribution in [2.24, 2.45) is 11.3 Å². The molecule has 0 N–H and O–H groups in total. The highest BCUT2D eigenvalue weighted by atomic mass is 16.5. The lowest BCUT2D eigenvalue weighted by Crippen LogP contribution is -2.41. The zero-order chi connectivity index (χ0) is 12.9. The molecular formula is C14H27NO2. The van der Waals surface area contributed by atoms with E-state index in [1.807, 2.05) is 4.90 Å². The van der Waals surface area contributed by atoms with Crippen LogP contribution in [0, 0.1) is 11.3 Å². The summed E-state index contributed by atoms with van der Waals surface area (Å²) in [4.78, 5) is 13.9. The number of methoxy groups -OCH3 is 1. The zero-order valence-corrected chi connectivity index (χ0v) is 11.8. The van der Waals surface area contributed by atoms with Crippen molar-refractivity contribution in [3.63, 3.8) is 0 Å². The number of amides is 1. The van der Waals surface area contributed by atoms with E-state index in [-0.39, 0.29) is 0 Å². The summed E-state index contributed by atoms with van der Waals surface area (Å²) in [6, 6.07) is 0. The molecule has 0 saturated carbocycles. The van der Waals surface area contributed by atoms with Crippen LogP contribution in [-0.2, 0) is 9.53 Å². The molecule has 1 amide bonds. The van der Waals surface area contributed by atoms with E-state index in [1.165, 1.54) is 0 Å². The molecule has 100 valence electrons. The first kappa shape index (κ1) is 14.5. The third kappa shape index (κ3) is 4.66. The molecule has 3 nitrogen and oxygen atoms in total. The molecule has 1 saturated heterocycles. The second-order valence-electron chi connectivity index (χ2n) is 6.12. The maximum atomic E-state index is 11.9. The standard InChI is InChI=1S/C14H27NO2/c1-14(2,3)12-7-9-15(10-8-12)13(16)6-5-11-17-4/h12H,5-11H2,1-4H3. The van der Waals surface area contributed by atoms with Crippen LogP contribution in [0.1, 0.15) is 46.5 Å². The van der Waals surface area contributed by atoms with Crippen LogP contribution in [0.3, 0.4) is 0 Å². The molecule has 1 aliphatic rings. The lowest BCUT2D eigenvalue weighted by molar-refractivity contribution is -0.133. The molecule has 0 aromatic carbocycles. The van der Waals surface area contributed by atoms with Gasteiger partial charge in [0.15, 0.2) is 0 Å². The van der Waals surface area contributed by atoms with Crippen molar-refractivity contribution in [1.82, 2.24) is 4.90 Å². The summed E-state index contributed by atoms with van der Waals surface area (Å²) in [5.41, 5.74) is 0.380. The van der Waals surface area contributed by atoms with Gasteiger partial charge in [0, 0.05) is 33.2 Å². The number of carbonyl (C=O) groups is 1. The van der Waals surface area contributed by atoms with Crippen LogP contribution in [0.2, 0.25) is 0 Å². The first-order valence-corrected chi connectivity index (χ1v) is 6.72. The Morgan fingerprint density at radius 2 is 1.88 bits per heavy atom. The van der Waals surface area contributed by atoms with Gasteiger partial charge in [0.05, 0.1) is 0 Å². The van der Waals surface area contributed by atoms with Crippen LogP contribution in [0.4, 0.5) is 0 Å². The molecule has 0 atom stereocenters. The Morgan fingerprint density at radius 1 is 1.29 bits per heavy atom. The van der Waals surface area contributed by atoms with Gasteiger partial charge in [-0.15, -0.1) is 0 Å². The molecule has 0 bridgehead atoms. The quantitative estimate of drug-likeness (QED) is 0.708. The van der Waals surface area contributed by atoms with E-state index in [4.69, 9.17) is 4.74 Å². The van der Waals surface area contributed by atoms with Gasteiger partial charge in [-0.2, -0.15) is 0 Å². The average molecular weight is 241 g/mol. The summed E-state index contributed by atoms with van der Waals surface area (Å²) in [5.74, 6) is 1.06. The van der Waals surface area contributed by atoms with Crippen molar-refractivity contribution >= 4 is 5.91 Å². The van der Waals surface area contributed by atoms with Gasteiger partial charge in [0.25, 0.3) is 0 Å². The number of hydrogen-bond donors (Lipinski definition) is 0. The van der Waals surface area contributed by atoms with E-state index in [9.17, 15) is 4.79 Å². The molecule has 17 heavy (non-hydrogen) atoms. The fraction of sp³-hybridized carbons (Fsp3) is 0.929. The molecule has 0 unspecified atom stereocenters. The van der Waals surface area contributed by atoms with E-state index in [0.29, 0.717) is 24.3 Å². The lowest BCUT2D eigenvalue weighted by Gasteiger charge is -2.38. The SMILES string of the molecule is COCCCC(=O)N1CCC(C(C)(C)C)CC1. The summed E-state index contributed by atoms with van der Waals surface area (Å²) >= 11 is 0. The number of hydrogen-bond acceptors (Lipinski definition) is 2. The number of carbonyl (C=O) groups excluding carboxylic acids is 1. The van der Waals surface area contributed by atoms with Crippen LogP contribution < -0.4 is 0 Å². The summed E-state index contributed by atoms with van der Waals surface area (Å²) in [7, 11) is 1.68. The second-order valence-corrected chi connectivity index (χ2v) is 6.12. The fourth-order valence-electron chi connectivity index (χ4n) is 2.52. The van der Waals surface area contributed by atoms with Crippen LogP contribution >= 0.6 is 0 Å². The predicted octanol–water partition coefficient (Wildman–Crippen LogP) is 2.70. The van der Waals surface area contributed by atoms with Gasteiger partial charge in [-0.05, 0) is 30.6 Å². The number of piperidine rings is 1. The maximum absolute atomic E-state index is 11.9. The third-order valence-electron chi connectivity index (χ3n) is 3.81. The minimum Gasteiger partial charge on any atom is -0.385 e. The molecule has 0 aliphatic carbocycles. The Bertz CT molecular complexity index is 237. The fourth-order valence-corrected chi connectivity index (χ4v) is 2.52. The van der Waals surface area contributed by atoms with Crippen LogP contribution in [0.15, 0.2) is 0 Å². The van der Waals surface area contributed by atoms with Gasteiger partial charge >= 0.3 is 0 Å². The first-order valence-electron chi connectivity index (χ1n) is 6.72. The molecule has 0 aromatic heterocycles. The Labute approximate surface area is 106 Å². The van der Waals surface area contributed by atoms with Crippen LogP contribution in [0.5, 0.6) is 0 Å². The highest BCUT2D eigenvalue weighted by Crippen LogP contribution is 2.34. The summed E-state index contributed by atoms with van der Waals surface area (Å²) in [6.45, 7) is 9.46. The van der Waals surface area contributed by atoms with Gasteiger partial charge in [-0.25, -0.2) is 0 Å². The minimum atomic E-state index is 0.300. The van der Waals surface area contributed by atoms with Gasteiger partial charge < -0.3 is 9.64 Å². The van der Waals surface area contributed by atoms with E-state index in [2.05, 4.69) is 20.8 Å². The Balaban J connectivity index is 2.29. The summed E-state index contributed by atoms with van der Waals surface area (Å²) in [6.07, 6.45) is 3.78. The maximum Gasteiger partial charge on any atom is 0.222 e. The summed E-state index contributed by atoms with van der Waals surface area (Å²) < 4.78 is 4.97. The predicted molar refractivity (Wildman–Crippen MR) is 69.9 cm³/mol. The van der Waals surface area contributed by atoms with E-state index in [0.717, 1.165) is 38.3 Å². The van der Waals surface area contributed by atoms with E-state index in [1.54, 1.807) is 7.11 Å². The molecule has 3 heteroatoms. The van der Waals surface area contributed by atoms with Gasteiger partial charge in [0.1, 0.15) is 0 Å². The monoisotopic (exact) mass is 241 g/mol. The van der Waals surface area contributed by atoms with Crippen molar-refractivity contribution in [3.8, 4) is 0 Å². The van der Waals surface area contributed by atoms with E-state index < -0.39 is 0 Å². The highest BCUT2D eigenvalue weighted by Gasteiger charge is 2.29. The molecule has 1 rings (SSSR count). The van der Waals surface area contributed by atoms with Crippen molar-refractivity contribution in [3.05, 3.63) is 0 Å². The van der Waals surface area contributed by atoms with Crippen molar-refractivity contribution in [2.75, 3.05) is 26.8 Å². The van der Waals surface area contributed by atoms with Crippen molar-refractivity contribution < 1.29 is 9.53 Å². The lowest BCUT2D eigenvalue weighted by atomic mass is 9.75. The van der Waals surface area contributed by atoms with Gasteiger partial charge in [-0.1, -0.05) is 20.8 Å². The second kappa shape index (κ2) is 6.39. The Morgan fingerprint density at radius 3 is 2.35 bits per heavy atom. The first-order chi connectivity index (χ1) is 7.95. The molecule has 0 spiro atoms. The van der Waals surface area contributed by atoms with Crippen LogP contribution in [0.25, 0.3) is 0 Å². The van der Waals surface area contributed by atoms with Gasteiger partial charge in [0.2, 0.25) is 5.91 Å². The van der Waals surface area contributed by atoms with Crippen molar-refractivity contribution in [1.29, 1.82) is 0 Å². The highest BCUT2D eigenvalue weighted by molar-refractivity contribution is 5.76. The van der Waals surface area contributed by atoms with Crippen LogP contribution in [-0.4, -0.2) is 37.6 Å². The Kier molecular flexibility index (Phi) is 5.44. The van der Waals surface area contributed by atoms with Gasteiger partial charge in [-0.3, -0.25) is 4.79 Å². The molecule has 1 aliphatic heterocycles. The zero-order valence-electron chi connectivity index (χ0n) is 11.8. The topological polar surface area (TPSA) is 29.5 Å². The van der Waals surface area contributed by atoms with Crippen molar-refractivity contribution in [2.45, 2.75) is 46.5 Å². The molecular weight excluding hydrogens is 214 g/mol. The van der Waals surface area contributed by atoms with E-state index >= 15 is 0 Å². The molecule has 0 radical (unpaired) electrons. The number of likely N-dealkylation sites (tertiary alicyclic amines) is 1. The summed E-state index contributed by atoms with van der Waals surface area (Å²) in [5, 5.41) is 0. The Hall–Kier alpha value is -0.570. The number of nitrogens with zero attached hydrogens (tertiary/aromatic N) is 1. The normalized spacial score (nSPS) is 18.5. The number of ether oxygens (including phenoxy) is 1. The molecule has 1 heterocycles. The smallest absolute Gasteiger partial charge is 0.222 e.